The number of unbranched alkanes of at least 4 members (excludes halogenated alkanes) is 6. The summed E-state index contributed by atoms with van der Waals surface area (Å²) in [6.45, 7) is 8.04. The fraction of sp³-hybridized carbons (Fsp3) is 0.750. The van der Waals surface area contributed by atoms with Crippen LogP contribution < -0.4 is 4.57 Å². The van der Waals surface area contributed by atoms with Gasteiger partial charge >= 0.3 is 0 Å². The molecule has 0 saturated carbocycles. The van der Waals surface area contributed by atoms with Crippen molar-refractivity contribution in [2.45, 2.75) is 97.9 Å². The molecule has 0 unspecified atom stereocenters. The highest BCUT2D eigenvalue weighted by atomic mass is 14.9. The molecule has 1 rings (SSSR count). The fourth-order valence-electron chi connectivity index (χ4n) is 2.88. The van der Waals surface area contributed by atoms with E-state index in [2.05, 4.69) is 43.8 Å². The number of rotatable bonds is 12. The Morgan fingerprint density at radius 2 is 1.14 bits per heavy atom. The van der Waals surface area contributed by atoms with Crippen molar-refractivity contribution in [2.75, 3.05) is 0 Å². The summed E-state index contributed by atoms with van der Waals surface area (Å²) in [5, 5.41) is 0. The van der Waals surface area contributed by atoms with Crippen LogP contribution in [0, 0.1) is 0 Å². The molecule has 1 heteroatoms. The largest absolute Gasteiger partial charge is 0.205 e. The van der Waals surface area contributed by atoms with Crippen molar-refractivity contribution in [1.29, 1.82) is 0 Å². The lowest BCUT2D eigenvalue weighted by Gasteiger charge is -2.06. The molecule has 0 aliphatic carbocycles. The van der Waals surface area contributed by atoms with Crippen LogP contribution in [0.2, 0.25) is 0 Å². The number of aromatic nitrogens is 1. The summed E-state index contributed by atoms with van der Waals surface area (Å²) in [5.74, 6) is 0. The molecular weight excluding hydrogens is 254 g/mol. The molecule has 1 aromatic rings. The zero-order chi connectivity index (χ0) is 15.3. The summed E-state index contributed by atoms with van der Waals surface area (Å²) < 4.78 is 2.46. The quantitative estimate of drug-likeness (QED) is 0.347. The maximum atomic E-state index is 2.46. The summed E-state index contributed by atoms with van der Waals surface area (Å²) in [6, 6.07) is 2.46. The predicted octanol–water partition coefficient (Wildman–Crippen LogP) is 5.63. The Morgan fingerprint density at radius 1 is 0.667 bits per heavy atom. The van der Waals surface area contributed by atoms with Crippen molar-refractivity contribution in [2.24, 2.45) is 0 Å². The van der Waals surface area contributed by atoms with Gasteiger partial charge in [0.1, 0.15) is 6.54 Å². The molecule has 1 nitrogen and oxygen atoms in total. The Kier molecular flexibility index (Phi) is 10.2. The minimum absolute atomic E-state index is 1.19. The second kappa shape index (κ2) is 11.8. The minimum Gasteiger partial charge on any atom is -0.205 e. The van der Waals surface area contributed by atoms with Crippen LogP contribution in [0.1, 0.15) is 89.7 Å². The van der Waals surface area contributed by atoms with Crippen molar-refractivity contribution in [3.8, 4) is 0 Å². The lowest BCUT2D eigenvalue weighted by atomic mass is 10.0. The third-order valence-corrected chi connectivity index (χ3v) is 4.19. The van der Waals surface area contributed by atoms with Crippen molar-refractivity contribution in [1.82, 2.24) is 0 Å². The van der Waals surface area contributed by atoms with Crippen LogP contribution >= 0.6 is 0 Å². The lowest BCUT2D eigenvalue weighted by molar-refractivity contribution is -0.698. The summed E-state index contributed by atoms with van der Waals surface area (Å²) in [5.41, 5.74) is 3.10. The van der Waals surface area contributed by atoms with Crippen molar-refractivity contribution in [3.05, 3.63) is 29.6 Å². The van der Waals surface area contributed by atoms with Crippen molar-refractivity contribution in [3.63, 3.8) is 0 Å². The average molecular weight is 291 g/mol. The van der Waals surface area contributed by atoms with Crippen LogP contribution in [0.15, 0.2) is 18.5 Å². The molecule has 0 amide bonds. The maximum absolute atomic E-state index is 2.46. The van der Waals surface area contributed by atoms with Crippen LogP contribution in [0.4, 0.5) is 0 Å². The van der Waals surface area contributed by atoms with Gasteiger partial charge in [-0.2, -0.15) is 0 Å². The van der Waals surface area contributed by atoms with E-state index in [0.29, 0.717) is 0 Å². The van der Waals surface area contributed by atoms with E-state index in [1.54, 1.807) is 11.1 Å². The fourth-order valence-corrected chi connectivity index (χ4v) is 2.88. The summed E-state index contributed by atoms with van der Waals surface area (Å²) in [4.78, 5) is 0. The molecule has 0 aliphatic heterocycles. The molecule has 0 aromatic carbocycles. The summed E-state index contributed by atoms with van der Waals surface area (Å²) in [7, 11) is 0. The summed E-state index contributed by atoms with van der Waals surface area (Å²) >= 11 is 0. The Balaban J connectivity index is 2.65. The predicted molar refractivity (Wildman–Crippen MR) is 92.6 cm³/mol. The first-order chi connectivity index (χ1) is 10.3. The van der Waals surface area contributed by atoms with Gasteiger partial charge in [0.15, 0.2) is 12.4 Å². The molecule has 120 valence electrons. The number of nitrogens with zero attached hydrogens (tertiary/aromatic N) is 1. The topological polar surface area (TPSA) is 3.88 Å². The zero-order valence-electron chi connectivity index (χ0n) is 14.7. The van der Waals surface area contributed by atoms with E-state index in [4.69, 9.17) is 0 Å². The standard InChI is InChI=1S/C20H36N/c1-4-7-10-13-19-16-20(14-11-8-5-2)18-21(17-19)15-12-9-6-3/h16-18H,4-15H2,1-3H3/q+1. The van der Waals surface area contributed by atoms with E-state index in [1.807, 2.05) is 0 Å². The van der Waals surface area contributed by atoms with Gasteiger partial charge in [-0.3, -0.25) is 0 Å². The highest BCUT2D eigenvalue weighted by Crippen LogP contribution is 2.11. The van der Waals surface area contributed by atoms with E-state index >= 15 is 0 Å². The first-order valence-electron chi connectivity index (χ1n) is 9.32. The molecule has 0 bridgehead atoms. The number of pyridine rings is 1. The van der Waals surface area contributed by atoms with E-state index < -0.39 is 0 Å². The SMILES string of the molecule is CCCCCc1cc(CCCCC)c[n+](CCCCC)c1. The zero-order valence-corrected chi connectivity index (χ0v) is 14.7. The van der Waals surface area contributed by atoms with Crippen molar-refractivity contribution >= 4 is 0 Å². The van der Waals surface area contributed by atoms with Gasteiger partial charge in [-0.15, -0.1) is 0 Å². The average Bonchev–Trinajstić information content (AvgIpc) is 2.48. The Bertz CT molecular complexity index is 301. The molecule has 0 N–H and O–H groups in total. The van der Waals surface area contributed by atoms with Crippen LogP contribution in [-0.4, -0.2) is 0 Å². The van der Waals surface area contributed by atoms with Gasteiger partial charge in [0, 0.05) is 17.5 Å². The van der Waals surface area contributed by atoms with Crippen LogP contribution in [0.25, 0.3) is 0 Å². The smallest absolute Gasteiger partial charge is 0.171 e. The van der Waals surface area contributed by atoms with E-state index in [9.17, 15) is 0 Å². The number of hydrogen-bond acceptors (Lipinski definition) is 0. The van der Waals surface area contributed by atoms with E-state index in [0.717, 1.165) is 0 Å². The molecule has 1 aromatic heterocycles. The maximum Gasteiger partial charge on any atom is 0.171 e. The van der Waals surface area contributed by atoms with Gasteiger partial charge in [-0.25, -0.2) is 4.57 Å². The van der Waals surface area contributed by atoms with Gasteiger partial charge in [0.2, 0.25) is 0 Å². The first kappa shape index (κ1) is 18.2. The van der Waals surface area contributed by atoms with E-state index in [1.165, 1.54) is 77.2 Å². The number of aryl methyl sites for hydroxylation is 3. The normalized spacial score (nSPS) is 11.0. The molecular formula is C20H36N+. The Morgan fingerprint density at radius 3 is 1.62 bits per heavy atom. The summed E-state index contributed by atoms with van der Waals surface area (Å²) in [6.07, 6.45) is 19.3. The molecule has 0 aliphatic rings. The minimum atomic E-state index is 1.19. The van der Waals surface area contributed by atoms with Gasteiger partial charge in [0.05, 0.1) is 0 Å². The second-order valence-corrected chi connectivity index (χ2v) is 6.41. The highest BCUT2D eigenvalue weighted by molar-refractivity contribution is 5.15. The molecule has 0 saturated heterocycles. The molecule has 0 fully saturated rings. The van der Waals surface area contributed by atoms with Gasteiger partial charge in [0.25, 0.3) is 0 Å². The highest BCUT2D eigenvalue weighted by Gasteiger charge is 2.07. The van der Waals surface area contributed by atoms with Crippen LogP contribution in [-0.2, 0) is 19.4 Å². The second-order valence-electron chi connectivity index (χ2n) is 6.41. The Labute approximate surface area is 132 Å². The molecule has 0 spiro atoms. The third-order valence-electron chi connectivity index (χ3n) is 4.19. The first-order valence-corrected chi connectivity index (χ1v) is 9.32. The molecule has 0 radical (unpaired) electrons. The van der Waals surface area contributed by atoms with Gasteiger partial charge < -0.3 is 0 Å². The van der Waals surface area contributed by atoms with Gasteiger partial charge in [-0.05, 0) is 38.2 Å². The van der Waals surface area contributed by atoms with Crippen LogP contribution in [0.3, 0.4) is 0 Å². The molecule has 1 heterocycles. The third kappa shape index (κ3) is 8.24. The van der Waals surface area contributed by atoms with Crippen LogP contribution in [0.5, 0.6) is 0 Å². The lowest BCUT2D eigenvalue weighted by Crippen LogP contribution is -2.34. The van der Waals surface area contributed by atoms with E-state index in [-0.39, 0.29) is 0 Å². The molecule has 21 heavy (non-hydrogen) atoms. The Hall–Kier alpha value is -0.850. The molecule has 0 atom stereocenters. The van der Waals surface area contributed by atoms with Gasteiger partial charge in [-0.1, -0.05) is 52.9 Å². The van der Waals surface area contributed by atoms with Crippen molar-refractivity contribution < 1.29 is 4.57 Å². The number of hydrogen-bond donors (Lipinski definition) is 0. The monoisotopic (exact) mass is 290 g/mol.